The minimum absolute atomic E-state index is 0.833. The van der Waals surface area contributed by atoms with Crippen molar-refractivity contribution in [3.05, 3.63) is 35.7 Å². The lowest BCUT2D eigenvalue weighted by molar-refractivity contribution is 0.737. The van der Waals surface area contributed by atoms with E-state index in [1.165, 1.54) is 11.1 Å². The Hall–Kier alpha value is -1.11. The molecule has 1 aromatic heterocycles. The molecule has 0 N–H and O–H groups in total. The summed E-state index contributed by atoms with van der Waals surface area (Å²) in [4.78, 5) is 4.05. The zero-order valence-corrected chi connectivity index (χ0v) is 12.6. The van der Waals surface area contributed by atoms with E-state index in [2.05, 4.69) is 51.8 Å². The lowest BCUT2D eigenvalue weighted by Crippen LogP contribution is -1.80. The topological polar surface area (TPSA) is 12.9 Å². The second kappa shape index (κ2) is 13.0. The number of hydrogen-bond donors (Lipinski definition) is 0. The van der Waals surface area contributed by atoms with Gasteiger partial charge in [-0.05, 0) is 36.5 Å². The first-order valence-electron chi connectivity index (χ1n) is 6.65. The molecule has 0 atom stereocenters. The molecule has 0 aliphatic carbocycles. The molecule has 0 saturated heterocycles. The van der Waals surface area contributed by atoms with E-state index in [0.717, 1.165) is 12.3 Å². The quantitative estimate of drug-likeness (QED) is 0.659. The van der Waals surface area contributed by atoms with Gasteiger partial charge in [0.15, 0.2) is 0 Å². The van der Waals surface area contributed by atoms with Crippen molar-refractivity contribution in [1.29, 1.82) is 0 Å². The van der Waals surface area contributed by atoms with Crippen molar-refractivity contribution < 1.29 is 0 Å². The molecule has 0 bridgehead atoms. The van der Waals surface area contributed by atoms with Gasteiger partial charge in [-0.25, -0.2) is 0 Å². The van der Waals surface area contributed by atoms with Gasteiger partial charge in [0.05, 0.1) is 0 Å². The van der Waals surface area contributed by atoms with Gasteiger partial charge in [0.2, 0.25) is 0 Å². The molecular weight excluding hydrogens is 206 g/mol. The third kappa shape index (κ3) is 12.8. The number of rotatable bonds is 2. The van der Waals surface area contributed by atoms with Crippen molar-refractivity contribution >= 4 is 6.08 Å². The summed E-state index contributed by atoms with van der Waals surface area (Å²) in [5.74, 6) is 0.833. The number of nitrogens with zero attached hydrogens (tertiary/aromatic N) is 1. The molecule has 0 aromatic carbocycles. The second-order valence-corrected chi connectivity index (χ2v) is 4.27. The number of pyridine rings is 1. The van der Waals surface area contributed by atoms with E-state index >= 15 is 0 Å². The molecule has 0 fully saturated rings. The fraction of sp³-hybridized carbons (Fsp3) is 0.562. The van der Waals surface area contributed by atoms with Crippen LogP contribution < -0.4 is 0 Å². The van der Waals surface area contributed by atoms with E-state index in [0.29, 0.717) is 0 Å². The van der Waals surface area contributed by atoms with Crippen LogP contribution in [0, 0.1) is 12.8 Å². The minimum atomic E-state index is 0.833. The summed E-state index contributed by atoms with van der Waals surface area (Å²) < 4.78 is 0. The van der Waals surface area contributed by atoms with Crippen LogP contribution in [0.2, 0.25) is 0 Å². The maximum absolute atomic E-state index is 4.05. The zero-order chi connectivity index (χ0) is 13.7. The fourth-order valence-corrected chi connectivity index (χ4v) is 0.896. The van der Waals surface area contributed by atoms with Crippen molar-refractivity contribution in [3.63, 3.8) is 0 Å². The predicted octanol–water partition coefficient (Wildman–Crippen LogP) is 5.50. The first-order chi connectivity index (χ1) is 8.07. The van der Waals surface area contributed by atoms with Crippen molar-refractivity contribution in [2.45, 2.75) is 54.9 Å². The first-order valence-corrected chi connectivity index (χ1v) is 6.65. The van der Waals surface area contributed by atoms with Crippen LogP contribution >= 0.6 is 0 Å². The van der Waals surface area contributed by atoms with E-state index in [4.69, 9.17) is 0 Å². The third-order valence-corrected chi connectivity index (χ3v) is 1.61. The summed E-state index contributed by atoms with van der Waals surface area (Å²) in [5.41, 5.74) is 2.50. The van der Waals surface area contributed by atoms with Crippen LogP contribution in [0.5, 0.6) is 0 Å². The summed E-state index contributed by atoms with van der Waals surface area (Å²) in [6.45, 7) is 14.7. The van der Waals surface area contributed by atoms with Gasteiger partial charge in [-0.2, -0.15) is 0 Å². The van der Waals surface area contributed by atoms with E-state index in [-0.39, 0.29) is 0 Å². The summed E-state index contributed by atoms with van der Waals surface area (Å²) >= 11 is 0. The molecule has 0 aliphatic heterocycles. The van der Waals surface area contributed by atoms with Crippen LogP contribution in [0.25, 0.3) is 6.08 Å². The molecule has 0 aliphatic rings. The third-order valence-electron chi connectivity index (χ3n) is 1.61. The molecule has 0 spiro atoms. The minimum Gasteiger partial charge on any atom is -0.264 e. The summed E-state index contributed by atoms with van der Waals surface area (Å²) in [5, 5.41) is 0. The van der Waals surface area contributed by atoms with Gasteiger partial charge in [-0.15, -0.1) is 0 Å². The molecule has 1 nitrogen and oxygen atoms in total. The summed E-state index contributed by atoms with van der Waals surface area (Å²) in [6.07, 6.45) is 9.04. The van der Waals surface area contributed by atoms with Gasteiger partial charge < -0.3 is 0 Å². The highest BCUT2D eigenvalue weighted by atomic mass is 14.6. The highest BCUT2D eigenvalue weighted by molar-refractivity contribution is 5.51. The van der Waals surface area contributed by atoms with Crippen molar-refractivity contribution in [2.24, 2.45) is 5.92 Å². The molecular formula is C16H29N. The van der Waals surface area contributed by atoms with Crippen LogP contribution in [0.3, 0.4) is 0 Å². The van der Waals surface area contributed by atoms with E-state index in [9.17, 15) is 0 Å². The SMILES string of the molecule is CC.CC(C)C.CC/C=C\c1cnccc1C. The average Bonchev–Trinajstić information content (AvgIpc) is 2.30. The first kappa shape index (κ1) is 18.3. The lowest BCUT2D eigenvalue weighted by atomic mass is 10.1. The van der Waals surface area contributed by atoms with Crippen molar-refractivity contribution in [2.75, 3.05) is 0 Å². The van der Waals surface area contributed by atoms with E-state index in [1.54, 1.807) is 0 Å². The Balaban J connectivity index is 0. The molecule has 0 amide bonds. The van der Waals surface area contributed by atoms with Crippen LogP contribution in [0.15, 0.2) is 24.5 Å². The normalized spacial score (nSPS) is 9.41. The predicted molar refractivity (Wildman–Crippen MR) is 80.2 cm³/mol. The summed E-state index contributed by atoms with van der Waals surface area (Å²) in [7, 11) is 0. The molecule has 1 aromatic rings. The number of allylic oxidation sites excluding steroid dienone is 1. The van der Waals surface area contributed by atoms with Gasteiger partial charge in [-0.1, -0.05) is 53.7 Å². The Kier molecular flexibility index (Phi) is 13.9. The maximum atomic E-state index is 4.05. The van der Waals surface area contributed by atoms with Gasteiger partial charge in [0.25, 0.3) is 0 Å². The van der Waals surface area contributed by atoms with Crippen LogP contribution in [0.4, 0.5) is 0 Å². The molecule has 1 heteroatoms. The number of aryl methyl sites for hydroxylation is 1. The van der Waals surface area contributed by atoms with Gasteiger partial charge in [0, 0.05) is 12.4 Å². The van der Waals surface area contributed by atoms with Crippen LogP contribution in [-0.2, 0) is 0 Å². The van der Waals surface area contributed by atoms with Crippen LogP contribution in [-0.4, -0.2) is 4.98 Å². The largest absolute Gasteiger partial charge is 0.264 e. The standard InChI is InChI=1S/C10H13N.C4H10.C2H6/c1-3-4-5-10-8-11-7-6-9(10)2;1-4(2)3;1-2/h4-8H,3H2,1-2H3;4H,1-3H3;1-2H3/b5-4-;;. The van der Waals surface area contributed by atoms with Crippen molar-refractivity contribution in [3.8, 4) is 0 Å². The molecule has 17 heavy (non-hydrogen) atoms. The molecule has 0 saturated carbocycles. The number of aromatic nitrogens is 1. The van der Waals surface area contributed by atoms with E-state index < -0.39 is 0 Å². The van der Waals surface area contributed by atoms with Crippen LogP contribution in [0.1, 0.15) is 59.1 Å². The Labute approximate surface area is 108 Å². The Morgan fingerprint density at radius 3 is 2.18 bits per heavy atom. The smallest absolute Gasteiger partial charge is 0.0342 e. The van der Waals surface area contributed by atoms with Crippen molar-refractivity contribution in [1.82, 2.24) is 4.98 Å². The molecule has 1 rings (SSSR count). The van der Waals surface area contributed by atoms with E-state index in [1.807, 2.05) is 32.3 Å². The highest BCUT2D eigenvalue weighted by Gasteiger charge is 1.89. The Morgan fingerprint density at radius 2 is 1.76 bits per heavy atom. The maximum Gasteiger partial charge on any atom is 0.0342 e. The van der Waals surface area contributed by atoms with Gasteiger partial charge >= 0.3 is 0 Å². The molecule has 0 radical (unpaired) electrons. The highest BCUT2D eigenvalue weighted by Crippen LogP contribution is 2.06. The monoisotopic (exact) mass is 235 g/mol. The Bertz CT molecular complexity index is 285. The van der Waals surface area contributed by atoms with Gasteiger partial charge in [-0.3, -0.25) is 4.98 Å². The average molecular weight is 235 g/mol. The number of hydrogen-bond acceptors (Lipinski definition) is 1. The zero-order valence-electron chi connectivity index (χ0n) is 12.6. The molecule has 0 unspecified atom stereocenters. The molecule has 1 heterocycles. The Morgan fingerprint density at radius 1 is 1.24 bits per heavy atom. The fourth-order valence-electron chi connectivity index (χ4n) is 0.896. The summed E-state index contributed by atoms with van der Waals surface area (Å²) in [6, 6.07) is 2.02. The van der Waals surface area contributed by atoms with Gasteiger partial charge in [0.1, 0.15) is 0 Å². The lowest BCUT2D eigenvalue weighted by Gasteiger charge is -1.96. The molecule has 98 valence electrons. The second-order valence-electron chi connectivity index (χ2n) is 4.27.